The molecule has 1 saturated heterocycles. The van der Waals surface area contributed by atoms with Crippen molar-refractivity contribution in [3.63, 3.8) is 0 Å². The number of ether oxygens (including phenoxy) is 1. The molecule has 0 aliphatic carbocycles. The molecule has 2 aliphatic rings. The third kappa shape index (κ3) is 6.75. The van der Waals surface area contributed by atoms with E-state index < -0.39 is 0 Å². The molecule has 0 radical (unpaired) electrons. The van der Waals surface area contributed by atoms with Gasteiger partial charge in [-0.05, 0) is 92.5 Å². The standard InChI is InChI=1S/C38H51N5O5/c1-7-25-21(3)29-18-31-23(5)27(10-9-13-44)36(42-31)28(11-14-45)37-35(38(47)39-12-16-48-17-15-46)24(6)32(43-37)20-34-26(8-2)22(4)30(41-34)19-33(25)40-29/h7,18-20,23,27,40-46H,1,8-17H2,2-6H3,(H,39,47). The molecule has 2 atom stereocenters. The molecule has 8 N–H and O–H groups in total. The molecular formula is C38H51N5O5. The molecule has 1 fully saturated rings. The highest BCUT2D eigenvalue weighted by atomic mass is 16.5. The van der Waals surface area contributed by atoms with Crippen molar-refractivity contribution in [1.82, 2.24) is 25.6 Å². The van der Waals surface area contributed by atoms with E-state index in [0.29, 0.717) is 24.1 Å². The van der Waals surface area contributed by atoms with Crippen LogP contribution in [0, 0.1) is 32.6 Å². The molecule has 3 aromatic heterocycles. The summed E-state index contributed by atoms with van der Waals surface area (Å²) in [5.41, 5.74) is 12.0. The van der Waals surface area contributed by atoms with Gasteiger partial charge in [-0.25, -0.2) is 0 Å². The van der Waals surface area contributed by atoms with E-state index in [1.54, 1.807) is 0 Å². The Morgan fingerprint density at radius 2 is 1.69 bits per heavy atom. The number of nitrogens with one attached hydrogen (secondary N) is 5. The van der Waals surface area contributed by atoms with Crippen LogP contribution < -0.4 is 21.3 Å². The predicted molar refractivity (Wildman–Crippen MR) is 191 cm³/mol. The maximum absolute atomic E-state index is 14.0. The number of amides is 1. The van der Waals surface area contributed by atoms with Crippen molar-refractivity contribution < 1.29 is 24.9 Å². The van der Waals surface area contributed by atoms with Crippen LogP contribution in [-0.4, -0.2) is 75.8 Å². The van der Waals surface area contributed by atoms with E-state index in [-0.39, 0.29) is 57.3 Å². The Bertz CT molecular complexity index is 1850. The van der Waals surface area contributed by atoms with Gasteiger partial charge in [-0.3, -0.25) is 4.79 Å². The highest BCUT2D eigenvalue weighted by Gasteiger charge is 2.36. The first-order valence-corrected chi connectivity index (χ1v) is 17.1. The van der Waals surface area contributed by atoms with E-state index in [1.807, 2.05) is 13.0 Å². The summed E-state index contributed by atoms with van der Waals surface area (Å²) in [6.07, 6.45) is 10.8. The molecule has 10 nitrogen and oxygen atoms in total. The van der Waals surface area contributed by atoms with E-state index in [1.165, 1.54) is 5.56 Å². The number of carbonyl (C=O) groups excluding carboxylic acids is 1. The maximum atomic E-state index is 14.0. The Morgan fingerprint density at radius 1 is 0.938 bits per heavy atom. The summed E-state index contributed by atoms with van der Waals surface area (Å²) in [6.45, 7) is 15.3. The van der Waals surface area contributed by atoms with Gasteiger partial charge in [0.2, 0.25) is 0 Å². The molecule has 1 amide bonds. The van der Waals surface area contributed by atoms with Gasteiger partial charge in [0.05, 0.1) is 31.1 Å². The van der Waals surface area contributed by atoms with Gasteiger partial charge < -0.3 is 45.6 Å². The second-order valence-electron chi connectivity index (χ2n) is 12.8. The van der Waals surface area contributed by atoms with Crippen LogP contribution in [-0.2, 0) is 11.2 Å². The minimum absolute atomic E-state index is 0.0273. The maximum Gasteiger partial charge on any atom is 0.253 e. The van der Waals surface area contributed by atoms with Crippen molar-refractivity contribution in [2.45, 2.75) is 60.3 Å². The Balaban J connectivity index is 1.83. The fourth-order valence-corrected chi connectivity index (χ4v) is 7.29. The Labute approximate surface area is 282 Å². The second-order valence-corrected chi connectivity index (χ2v) is 12.8. The van der Waals surface area contributed by atoms with E-state index in [9.17, 15) is 15.0 Å². The number of aliphatic hydroxyl groups is 3. The number of rotatable bonds is 13. The number of H-pyrrole nitrogens is 3. The lowest BCUT2D eigenvalue weighted by Crippen LogP contribution is -2.28. The van der Waals surface area contributed by atoms with Crippen molar-refractivity contribution in [3.8, 4) is 0 Å². The van der Waals surface area contributed by atoms with Gasteiger partial charge in [-0.2, -0.15) is 0 Å². The summed E-state index contributed by atoms with van der Waals surface area (Å²) in [5.74, 6) is -0.132. The average Bonchev–Trinajstić information content (AvgIpc) is 3.75. The molecule has 0 aromatic carbocycles. The van der Waals surface area contributed by atoms with Crippen LogP contribution in [0.15, 0.2) is 18.0 Å². The van der Waals surface area contributed by atoms with Crippen LogP contribution in [0.4, 0.5) is 0 Å². The molecule has 48 heavy (non-hydrogen) atoms. The third-order valence-electron chi connectivity index (χ3n) is 9.94. The lowest BCUT2D eigenvalue weighted by Gasteiger charge is -2.19. The molecule has 5 rings (SSSR count). The first-order valence-electron chi connectivity index (χ1n) is 17.1. The number of carbonyl (C=O) groups is 1. The molecule has 10 heteroatoms. The van der Waals surface area contributed by atoms with E-state index >= 15 is 0 Å². The lowest BCUT2D eigenvalue weighted by atomic mass is 9.85. The molecule has 258 valence electrons. The van der Waals surface area contributed by atoms with E-state index in [4.69, 9.17) is 9.84 Å². The van der Waals surface area contributed by atoms with Gasteiger partial charge in [0.25, 0.3) is 5.91 Å². The Morgan fingerprint density at radius 3 is 2.38 bits per heavy atom. The summed E-state index contributed by atoms with van der Waals surface area (Å²) in [5, 5.41) is 38.0. The monoisotopic (exact) mass is 657 g/mol. The van der Waals surface area contributed by atoms with Crippen LogP contribution in [0.25, 0.3) is 29.9 Å². The van der Waals surface area contributed by atoms with Crippen molar-refractivity contribution in [3.05, 3.63) is 84.8 Å². The predicted octanol–water partition coefficient (Wildman–Crippen LogP) is 3.27. The molecule has 2 aliphatic heterocycles. The third-order valence-corrected chi connectivity index (χ3v) is 9.94. The Kier molecular flexibility index (Phi) is 11.3. The summed E-state index contributed by atoms with van der Waals surface area (Å²) in [4.78, 5) is 24.9. The minimum atomic E-state index is -0.243. The largest absolute Gasteiger partial charge is 0.396 e. The van der Waals surface area contributed by atoms with Gasteiger partial charge in [-0.1, -0.05) is 26.5 Å². The zero-order valence-corrected chi connectivity index (χ0v) is 28.9. The van der Waals surface area contributed by atoms with Crippen LogP contribution >= 0.6 is 0 Å². The molecule has 2 unspecified atom stereocenters. The fourth-order valence-electron chi connectivity index (χ4n) is 7.29. The minimum Gasteiger partial charge on any atom is -0.396 e. The molecule has 0 saturated carbocycles. The van der Waals surface area contributed by atoms with E-state index in [2.05, 4.69) is 78.1 Å². The van der Waals surface area contributed by atoms with Gasteiger partial charge >= 0.3 is 0 Å². The number of hydrogen-bond acceptors (Lipinski definition) is 6. The smallest absolute Gasteiger partial charge is 0.253 e. The second kappa shape index (κ2) is 15.4. The normalized spacial score (nSPS) is 17.1. The van der Waals surface area contributed by atoms with Gasteiger partial charge in [0.15, 0.2) is 0 Å². The van der Waals surface area contributed by atoms with Crippen LogP contribution in [0.2, 0.25) is 0 Å². The van der Waals surface area contributed by atoms with Gasteiger partial charge in [-0.15, -0.1) is 0 Å². The molecule has 0 spiro atoms. The number of allylic oxidation sites excluding steroid dienone is 2. The van der Waals surface area contributed by atoms with Crippen molar-refractivity contribution in [2.75, 3.05) is 39.6 Å². The van der Waals surface area contributed by atoms with Crippen molar-refractivity contribution in [2.24, 2.45) is 11.8 Å². The summed E-state index contributed by atoms with van der Waals surface area (Å²) in [7, 11) is 0. The highest BCUT2D eigenvalue weighted by molar-refractivity contribution is 6.01. The number of aliphatic hydroxyl groups excluding tert-OH is 3. The Hall–Kier alpha value is -4.09. The zero-order chi connectivity index (χ0) is 34.5. The van der Waals surface area contributed by atoms with Crippen LogP contribution in [0.3, 0.4) is 0 Å². The zero-order valence-electron chi connectivity index (χ0n) is 28.9. The lowest BCUT2D eigenvalue weighted by molar-refractivity contribution is 0.0837. The first-order chi connectivity index (χ1) is 23.2. The quantitative estimate of drug-likeness (QED) is 0.132. The topological polar surface area (TPSA) is 158 Å². The molecule has 8 bridgehead atoms. The number of fused-ring (bicyclic) bond motifs is 8. The van der Waals surface area contributed by atoms with Crippen LogP contribution in [0.1, 0.15) is 94.1 Å². The van der Waals surface area contributed by atoms with Crippen molar-refractivity contribution >= 4 is 35.8 Å². The van der Waals surface area contributed by atoms with Crippen LogP contribution in [0.5, 0.6) is 0 Å². The summed E-state index contributed by atoms with van der Waals surface area (Å²) >= 11 is 0. The first kappa shape index (κ1) is 35.2. The van der Waals surface area contributed by atoms with E-state index in [0.717, 1.165) is 79.8 Å². The fraction of sp³-hybridized carbons (Fsp3) is 0.447. The SMILES string of the molecule is C=Cc1c2[nH]c(c1C)C=C1NC(=C(CCO)c3[nH]c(c(C)c3C(=O)NCCOCCO)C=c3[nH]c(c(C)c3CC)=C2)C(CCCO)C1C. The van der Waals surface area contributed by atoms with Gasteiger partial charge in [0.1, 0.15) is 0 Å². The molecule has 3 aromatic rings. The number of hydrogen-bond donors (Lipinski definition) is 8. The van der Waals surface area contributed by atoms with Gasteiger partial charge in [0, 0.05) is 76.3 Å². The molecular weight excluding hydrogens is 606 g/mol. The average molecular weight is 658 g/mol. The summed E-state index contributed by atoms with van der Waals surface area (Å²) in [6, 6.07) is 0. The number of aromatic amines is 3. The highest BCUT2D eigenvalue weighted by Crippen LogP contribution is 2.42. The summed E-state index contributed by atoms with van der Waals surface area (Å²) < 4.78 is 5.39. The molecule has 5 heterocycles. The van der Waals surface area contributed by atoms with Crippen molar-refractivity contribution in [1.29, 1.82) is 0 Å². The number of aromatic nitrogens is 3.